The van der Waals surface area contributed by atoms with E-state index >= 15 is 0 Å². The van der Waals surface area contributed by atoms with Crippen molar-refractivity contribution in [3.8, 4) is 5.75 Å². The molecule has 0 amide bonds. The normalized spacial score (nSPS) is 17.9. The summed E-state index contributed by atoms with van der Waals surface area (Å²) >= 11 is 0. The minimum absolute atomic E-state index is 0.00696. The molecule has 2 N–H and O–H groups in total. The Morgan fingerprint density at radius 2 is 2.36 bits per heavy atom. The van der Waals surface area contributed by atoms with Crippen LogP contribution in [-0.2, 0) is 0 Å². The van der Waals surface area contributed by atoms with Crippen LogP contribution >= 0.6 is 0 Å². The lowest BCUT2D eigenvalue weighted by atomic mass is 10.2. The molecule has 1 aliphatic rings. The second-order valence-electron chi connectivity index (χ2n) is 3.96. The van der Waals surface area contributed by atoms with Crippen LogP contribution < -0.4 is 10.5 Å². The third-order valence-electron chi connectivity index (χ3n) is 2.41. The molecule has 3 nitrogen and oxygen atoms in total. The van der Waals surface area contributed by atoms with Gasteiger partial charge in [-0.3, -0.25) is 4.98 Å². The van der Waals surface area contributed by atoms with E-state index < -0.39 is 0 Å². The van der Waals surface area contributed by atoms with Crippen molar-refractivity contribution in [1.82, 2.24) is 4.98 Å². The highest BCUT2D eigenvalue weighted by Gasteiger charge is 2.21. The number of hydrogen-bond acceptors (Lipinski definition) is 3. The summed E-state index contributed by atoms with van der Waals surface area (Å²) in [4.78, 5) is 4.23. The van der Waals surface area contributed by atoms with Crippen molar-refractivity contribution < 1.29 is 4.74 Å². The van der Waals surface area contributed by atoms with E-state index in [1.165, 1.54) is 12.8 Å². The first-order chi connectivity index (χ1) is 6.75. The smallest absolute Gasteiger partial charge is 0.137 e. The number of pyridine rings is 1. The van der Waals surface area contributed by atoms with Gasteiger partial charge in [0.2, 0.25) is 0 Å². The summed E-state index contributed by atoms with van der Waals surface area (Å²) in [6.07, 6.45) is 4.37. The number of nitrogens with two attached hydrogens (primary N) is 1. The molecular weight excluding hydrogens is 176 g/mol. The van der Waals surface area contributed by atoms with Gasteiger partial charge in [-0.2, -0.15) is 0 Å². The van der Waals surface area contributed by atoms with E-state index in [1.807, 2.05) is 19.1 Å². The lowest BCUT2D eigenvalue weighted by molar-refractivity contribution is 0.298. The van der Waals surface area contributed by atoms with Gasteiger partial charge in [0.1, 0.15) is 5.75 Å². The van der Waals surface area contributed by atoms with Gasteiger partial charge in [0.05, 0.1) is 18.5 Å². The maximum Gasteiger partial charge on any atom is 0.137 e. The topological polar surface area (TPSA) is 48.1 Å². The first kappa shape index (κ1) is 9.46. The zero-order chi connectivity index (χ0) is 9.97. The molecule has 1 atom stereocenters. The largest absolute Gasteiger partial charge is 0.492 e. The predicted molar refractivity (Wildman–Crippen MR) is 55.1 cm³/mol. The van der Waals surface area contributed by atoms with Crippen molar-refractivity contribution in [2.75, 3.05) is 6.61 Å². The molecule has 0 bridgehead atoms. The Morgan fingerprint density at radius 1 is 1.57 bits per heavy atom. The van der Waals surface area contributed by atoms with E-state index in [0.29, 0.717) is 0 Å². The van der Waals surface area contributed by atoms with E-state index in [-0.39, 0.29) is 6.04 Å². The van der Waals surface area contributed by atoms with Crippen molar-refractivity contribution in [1.29, 1.82) is 0 Å². The summed E-state index contributed by atoms with van der Waals surface area (Å²) < 4.78 is 5.56. The van der Waals surface area contributed by atoms with Crippen LogP contribution in [0.5, 0.6) is 5.75 Å². The first-order valence-electron chi connectivity index (χ1n) is 5.10. The monoisotopic (exact) mass is 192 g/mol. The van der Waals surface area contributed by atoms with Crippen LogP contribution in [-0.4, -0.2) is 11.6 Å². The number of hydrogen-bond donors (Lipinski definition) is 1. The van der Waals surface area contributed by atoms with E-state index in [0.717, 1.165) is 24.0 Å². The van der Waals surface area contributed by atoms with Gasteiger partial charge < -0.3 is 10.5 Å². The minimum atomic E-state index is -0.00696. The summed E-state index contributed by atoms with van der Waals surface area (Å²) in [6.45, 7) is 2.76. The zero-order valence-corrected chi connectivity index (χ0v) is 8.44. The summed E-state index contributed by atoms with van der Waals surface area (Å²) in [5.74, 6) is 1.63. The number of aromatic nitrogens is 1. The van der Waals surface area contributed by atoms with Gasteiger partial charge in [-0.05, 0) is 37.8 Å². The molecule has 1 aromatic heterocycles. The highest BCUT2D eigenvalue weighted by molar-refractivity contribution is 5.21. The van der Waals surface area contributed by atoms with Gasteiger partial charge in [0.15, 0.2) is 0 Å². The van der Waals surface area contributed by atoms with Gasteiger partial charge >= 0.3 is 0 Å². The molecule has 14 heavy (non-hydrogen) atoms. The van der Waals surface area contributed by atoms with E-state index in [4.69, 9.17) is 10.5 Å². The van der Waals surface area contributed by atoms with Crippen LogP contribution in [0.25, 0.3) is 0 Å². The minimum Gasteiger partial charge on any atom is -0.492 e. The molecule has 1 fully saturated rings. The molecule has 0 radical (unpaired) electrons. The van der Waals surface area contributed by atoms with Crippen molar-refractivity contribution >= 4 is 0 Å². The van der Waals surface area contributed by atoms with Crippen molar-refractivity contribution in [2.24, 2.45) is 11.7 Å². The molecule has 0 saturated heterocycles. The fraction of sp³-hybridized carbons (Fsp3) is 0.545. The van der Waals surface area contributed by atoms with Gasteiger partial charge in [0, 0.05) is 6.04 Å². The van der Waals surface area contributed by atoms with Gasteiger partial charge in [-0.15, -0.1) is 0 Å². The molecule has 3 heteroatoms. The Hall–Kier alpha value is -1.09. The van der Waals surface area contributed by atoms with E-state index in [2.05, 4.69) is 4.98 Å². The maximum absolute atomic E-state index is 5.69. The fourth-order valence-electron chi connectivity index (χ4n) is 1.25. The lowest BCUT2D eigenvalue weighted by Crippen LogP contribution is -2.07. The van der Waals surface area contributed by atoms with Crippen molar-refractivity contribution in [2.45, 2.75) is 25.8 Å². The Bertz CT molecular complexity index is 291. The van der Waals surface area contributed by atoms with Crippen LogP contribution in [0.4, 0.5) is 0 Å². The van der Waals surface area contributed by atoms with Gasteiger partial charge in [0.25, 0.3) is 0 Å². The quantitative estimate of drug-likeness (QED) is 0.792. The molecule has 1 aliphatic carbocycles. The van der Waals surface area contributed by atoms with Crippen molar-refractivity contribution in [3.05, 3.63) is 24.0 Å². The average molecular weight is 192 g/mol. The molecule has 0 spiro atoms. The molecule has 2 rings (SSSR count). The molecule has 76 valence electrons. The summed E-state index contributed by atoms with van der Waals surface area (Å²) in [5, 5.41) is 0. The third kappa shape index (κ3) is 2.45. The molecule has 1 unspecified atom stereocenters. The molecule has 1 heterocycles. The van der Waals surface area contributed by atoms with Crippen LogP contribution in [0.1, 0.15) is 31.5 Å². The van der Waals surface area contributed by atoms with Gasteiger partial charge in [-0.1, -0.05) is 0 Å². The highest BCUT2D eigenvalue weighted by Crippen LogP contribution is 2.29. The van der Waals surface area contributed by atoms with Crippen molar-refractivity contribution in [3.63, 3.8) is 0 Å². The summed E-state index contributed by atoms with van der Waals surface area (Å²) in [6, 6.07) is 3.86. The Kier molecular flexibility index (Phi) is 2.68. The molecule has 0 aliphatic heterocycles. The van der Waals surface area contributed by atoms with Crippen LogP contribution in [0.15, 0.2) is 18.3 Å². The molecule has 0 aromatic carbocycles. The molecular formula is C11H16N2O. The third-order valence-corrected chi connectivity index (χ3v) is 2.41. The number of nitrogens with zero attached hydrogens (tertiary/aromatic N) is 1. The SMILES string of the molecule is CC(N)c1ccc(OCC2CC2)cn1. The van der Waals surface area contributed by atoms with Crippen LogP contribution in [0.3, 0.4) is 0 Å². The fourth-order valence-corrected chi connectivity index (χ4v) is 1.25. The van der Waals surface area contributed by atoms with E-state index in [9.17, 15) is 0 Å². The Labute approximate surface area is 84.3 Å². The Balaban J connectivity index is 1.91. The number of ether oxygens (including phenoxy) is 1. The first-order valence-corrected chi connectivity index (χ1v) is 5.10. The number of rotatable bonds is 4. The second-order valence-corrected chi connectivity index (χ2v) is 3.96. The maximum atomic E-state index is 5.69. The van der Waals surface area contributed by atoms with Gasteiger partial charge in [-0.25, -0.2) is 0 Å². The average Bonchev–Trinajstić information content (AvgIpc) is 2.99. The van der Waals surface area contributed by atoms with Crippen LogP contribution in [0.2, 0.25) is 0 Å². The Morgan fingerprint density at radius 3 is 2.86 bits per heavy atom. The summed E-state index contributed by atoms with van der Waals surface area (Å²) in [5.41, 5.74) is 6.60. The van der Waals surface area contributed by atoms with E-state index in [1.54, 1.807) is 6.20 Å². The highest BCUT2D eigenvalue weighted by atomic mass is 16.5. The summed E-state index contributed by atoms with van der Waals surface area (Å²) in [7, 11) is 0. The standard InChI is InChI=1S/C11H16N2O/c1-8(12)11-5-4-10(6-13-11)14-7-9-2-3-9/h4-6,8-9H,2-3,7,12H2,1H3. The molecule has 1 saturated carbocycles. The molecule has 1 aromatic rings. The lowest BCUT2D eigenvalue weighted by Gasteiger charge is -2.07. The van der Waals surface area contributed by atoms with Crippen LogP contribution in [0, 0.1) is 5.92 Å². The zero-order valence-electron chi connectivity index (χ0n) is 8.44. The second kappa shape index (κ2) is 3.96. The predicted octanol–water partition coefficient (Wildman–Crippen LogP) is 1.89.